The average molecular weight is 1800 g/mol. The van der Waals surface area contributed by atoms with Crippen LogP contribution in [0, 0.1) is 56.2 Å². The van der Waals surface area contributed by atoms with Crippen LogP contribution < -0.4 is 0 Å². The standard InChI is InChI=1S/C83H130O42/c1-30(2)25-107-68(105)63-57(103)62(121-70-54(100)48(94)39(89)27-109-70)66(123-73-55(101)50(96)49(95)41(24-84)116-73)76(122-63)117-45-17-18-79(10)42(80(45,11)29-85)16-19-81(12)43(79)15-14-36-37-22-78(8,9)20-21-83(37,44(91)23-82(36,81)13)77(106)125-75-67(124-74-64(114-34(6)86)51(97)46(92)31(3)111-74)65(115-35(7)87)60(33(5)113-75)119-72-56(102)52(98)59(32(4)112-72)118-71-58(104)61(40(90)28-110-71)120-69-53(99)47(93)38(88)26-108-69/h14,29-33,37-67,69-76,84,88-104H,15-28H2,1-13H3/t31-,32+,33-,37+,38-,39-,40-,41-,42-,43-,44-,45+,46-,47+,48+,49+,50+,51+,52+,53-,54-,55-,56-,57+,58-,59+,60+,61+,62+,63+,64-,65+,66-,67-,69+,70+,71+,72+,73+,74+,75+,76-,79+,80+,81-,82-,83-/m1/s1. The van der Waals surface area contributed by atoms with E-state index in [2.05, 4.69) is 40.7 Å². The van der Waals surface area contributed by atoms with Crippen LogP contribution in [0.2, 0.25) is 0 Å². The Labute approximate surface area is 721 Å². The quantitative estimate of drug-likeness (QED) is 0.0149. The summed E-state index contributed by atoms with van der Waals surface area (Å²) >= 11 is 0. The molecule has 0 radical (unpaired) electrons. The minimum atomic E-state index is -2.13. The molecule has 13 aliphatic rings. The zero-order chi connectivity index (χ0) is 91.5. The second-order valence-electron chi connectivity index (χ2n) is 38.8. The molecule has 714 valence electrons. The third kappa shape index (κ3) is 18.3. The molecule has 8 heterocycles. The van der Waals surface area contributed by atoms with Crippen molar-refractivity contribution in [3.8, 4) is 0 Å². The monoisotopic (exact) mass is 1800 g/mol. The van der Waals surface area contributed by atoms with E-state index < -0.39 is 334 Å². The fraction of sp³-hybridized carbons (Fsp3) is 0.916. The fourth-order valence-electron chi connectivity index (χ4n) is 22.4. The number of aliphatic hydroxyl groups is 18. The van der Waals surface area contributed by atoms with E-state index in [-0.39, 0.29) is 37.7 Å². The Kier molecular flexibility index (Phi) is 30.1. The third-order valence-corrected chi connectivity index (χ3v) is 29.6. The van der Waals surface area contributed by atoms with Gasteiger partial charge in [0.2, 0.25) is 6.29 Å². The van der Waals surface area contributed by atoms with E-state index in [0.29, 0.717) is 38.5 Å². The SMILES string of the molecule is CC(=O)O[C@H]1[C@@H](O[C@@H]2O[C@@H](C)[C@H](O[C@@H]3OC[C@@H](O)[C@H](O[C@@H]4OC[C@@H](O)[C@H](O)[C@H]4O)[C@H]3O)[C@@H](O)[C@H]2O)[C@@H](C)O[C@@H](OC(=O)[C@]23CCC(C)(C)C[C@H]2C2=CC[C@@H]4[C@@]5(C)CC[C@H](O[C@@H]6O[C@H](C(=O)OCC(C)C)[C@@H](O)[C@H](O[C@@H]7OC[C@@H](O)[C@H](O)[C@H]7O)[C@H]6O[C@@H]6O[C@H](CO)[C@H](O)[C@H](O)[C@H]6O)[C@@](C)(C=O)[C@@H]5CC[C@@]4(C)[C@]2(C)C[C@H]3O)[C@@H]1O[C@@H]1O[C@H](C)[C@@H](O)[C@H](O)[C@H]1OC(C)=O. The molecule has 42 heteroatoms. The number of aliphatic hydroxyl groups excluding tert-OH is 18. The van der Waals surface area contributed by atoms with Crippen LogP contribution in [-0.4, -0.2) is 395 Å². The van der Waals surface area contributed by atoms with Crippen LogP contribution in [0.15, 0.2) is 11.6 Å². The van der Waals surface area contributed by atoms with Crippen LogP contribution in [0.5, 0.6) is 0 Å². The topological polar surface area (TPSA) is 625 Å². The number of carbonyl (C=O) groups is 5. The Bertz CT molecular complexity index is 3750. The van der Waals surface area contributed by atoms with Crippen LogP contribution in [0.4, 0.5) is 0 Å². The van der Waals surface area contributed by atoms with Crippen LogP contribution in [-0.2, 0) is 114 Å². The molecule has 8 saturated heterocycles. The molecule has 5 aliphatic carbocycles. The largest absolute Gasteiger partial charge is 0.463 e. The van der Waals surface area contributed by atoms with E-state index in [4.69, 9.17) is 90.0 Å². The lowest BCUT2D eigenvalue weighted by molar-refractivity contribution is -0.392. The van der Waals surface area contributed by atoms with Gasteiger partial charge in [-0.05, 0) is 124 Å². The van der Waals surface area contributed by atoms with Gasteiger partial charge in [0.15, 0.2) is 68.4 Å². The van der Waals surface area contributed by atoms with Gasteiger partial charge >= 0.3 is 23.9 Å². The van der Waals surface area contributed by atoms with Gasteiger partial charge in [0.05, 0.1) is 69.0 Å². The summed E-state index contributed by atoms with van der Waals surface area (Å²) in [6, 6.07) is 0. The number of aldehydes is 1. The van der Waals surface area contributed by atoms with E-state index >= 15 is 4.79 Å². The number of allylic oxidation sites excluding steroid dienone is 2. The molecule has 0 bridgehead atoms. The highest BCUT2D eigenvalue weighted by Crippen LogP contribution is 2.76. The van der Waals surface area contributed by atoms with Crippen molar-refractivity contribution in [2.24, 2.45) is 56.2 Å². The number of hydrogen-bond donors (Lipinski definition) is 18. The second kappa shape index (κ2) is 38.2. The molecule has 0 unspecified atom stereocenters. The average Bonchev–Trinajstić information content (AvgIpc) is 0.668. The van der Waals surface area contributed by atoms with Gasteiger partial charge in [-0.2, -0.15) is 0 Å². The van der Waals surface area contributed by atoms with Gasteiger partial charge in [-0.25, -0.2) is 4.79 Å². The molecule has 0 aromatic heterocycles. The maximum Gasteiger partial charge on any atom is 0.338 e. The summed E-state index contributed by atoms with van der Waals surface area (Å²) < 4.78 is 116. The van der Waals surface area contributed by atoms with Gasteiger partial charge in [0.25, 0.3) is 0 Å². The molecular weight excluding hydrogens is 1670 g/mol. The van der Waals surface area contributed by atoms with E-state index in [0.717, 1.165) is 25.7 Å². The Balaban J connectivity index is 0.784. The number of rotatable bonds is 23. The first kappa shape index (κ1) is 98.5. The van der Waals surface area contributed by atoms with Crippen molar-refractivity contribution in [2.45, 2.75) is 387 Å². The van der Waals surface area contributed by atoms with Crippen molar-refractivity contribution >= 4 is 30.2 Å². The molecule has 18 N–H and O–H groups in total. The highest BCUT2D eigenvalue weighted by molar-refractivity contribution is 5.80. The third-order valence-electron chi connectivity index (χ3n) is 29.6. The highest BCUT2D eigenvalue weighted by Gasteiger charge is 2.74. The first-order chi connectivity index (χ1) is 58.6. The molecular formula is C83H130O42. The molecule has 4 saturated carbocycles. The maximum absolute atomic E-state index is 16.4. The summed E-state index contributed by atoms with van der Waals surface area (Å²) in [5.41, 5.74) is -5.30. The predicted octanol–water partition coefficient (Wildman–Crippen LogP) is -5.24. The highest BCUT2D eigenvalue weighted by atomic mass is 16.8. The second-order valence-corrected chi connectivity index (χ2v) is 38.8. The number of esters is 4. The van der Waals surface area contributed by atoms with E-state index in [9.17, 15) is 111 Å². The van der Waals surface area contributed by atoms with Gasteiger partial charge < -0.3 is 187 Å². The van der Waals surface area contributed by atoms with E-state index in [1.54, 1.807) is 20.8 Å². The molecule has 0 aromatic carbocycles. The zero-order valence-electron chi connectivity index (χ0n) is 72.2. The van der Waals surface area contributed by atoms with Gasteiger partial charge in [0.1, 0.15) is 146 Å². The minimum absolute atomic E-state index is 0.0281. The van der Waals surface area contributed by atoms with Crippen LogP contribution in [0.1, 0.15) is 148 Å². The van der Waals surface area contributed by atoms with Crippen molar-refractivity contribution in [3.63, 3.8) is 0 Å². The van der Waals surface area contributed by atoms with E-state index in [1.807, 2.05) is 0 Å². The Morgan fingerprint density at radius 2 is 0.976 bits per heavy atom. The molecule has 0 spiro atoms. The van der Waals surface area contributed by atoms with Crippen molar-refractivity contribution in [1.29, 1.82) is 0 Å². The van der Waals surface area contributed by atoms with Gasteiger partial charge in [-0.1, -0.05) is 67.0 Å². The van der Waals surface area contributed by atoms with Crippen LogP contribution in [0.3, 0.4) is 0 Å². The molecule has 47 atom stereocenters. The van der Waals surface area contributed by atoms with Gasteiger partial charge in [-0.3, -0.25) is 14.4 Å². The molecule has 13 rings (SSSR count). The Hall–Kier alpha value is -4.03. The van der Waals surface area contributed by atoms with Crippen molar-refractivity contribution in [1.82, 2.24) is 0 Å². The molecule has 125 heavy (non-hydrogen) atoms. The van der Waals surface area contributed by atoms with Crippen LogP contribution in [0.25, 0.3) is 0 Å². The smallest absolute Gasteiger partial charge is 0.338 e. The van der Waals surface area contributed by atoms with Gasteiger partial charge in [-0.15, -0.1) is 0 Å². The number of fused-ring (bicyclic) bond motifs is 7. The van der Waals surface area contributed by atoms with Gasteiger partial charge in [0, 0.05) is 13.8 Å². The molecule has 8 aliphatic heterocycles. The summed E-state index contributed by atoms with van der Waals surface area (Å²) in [6.45, 7) is 19.2. The summed E-state index contributed by atoms with van der Waals surface area (Å²) in [7, 11) is 0. The zero-order valence-corrected chi connectivity index (χ0v) is 72.2. The summed E-state index contributed by atoms with van der Waals surface area (Å²) in [6.07, 6.45) is -64.1. The van der Waals surface area contributed by atoms with Crippen molar-refractivity contribution in [3.05, 3.63) is 11.6 Å². The molecule has 42 nitrogen and oxygen atoms in total. The maximum atomic E-state index is 16.4. The molecule has 12 fully saturated rings. The van der Waals surface area contributed by atoms with Crippen LogP contribution >= 0.6 is 0 Å². The number of hydrogen-bond acceptors (Lipinski definition) is 42. The van der Waals surface area contributed by atoms with E-state index in [1.165, 1.54) is 20.8 Å². The summed E-state index contributed by atoms with van der Waals surface area (Å²) in [5.74, 6) is -5.89. The predicted molar refractivity (Wildman–Crippen MR) is 411 cm³/mol. The Morgan fingerprint density at radius 3 is 1.59 bits per heavy atom. The summed E-state index contributed by atoms with van der Waals surface area (Å²) in [5, 5.41) is 202. The molecule has 0 aromatic rings. The first-order valence-electron chi connectivity index (χ1n) is 43.4. The minimum Gasteiger partial charge on any atom is -0.463 e. The lowest BCUT2D eigenvalue weighted by Crippen LogP contribution is -2.69. The first-order valence-corrected chi connectivity index (χ1v) is 43.4. The lowest BCUT2D eigenvalue weighted by Gasteiger charge is -2.71. The van der Waals surface area contributed by atoms with Crippen molar-refractivity contribution in [2.75, 3.05) is 33.0 Å². The Morgan fingerprint density at radius 1 is 0.464 bits per heavy atom. The molecule has 0 amide bonds. The number of ether oxygens (including phenoxy) is 19. The normalized spacial score (nSPS) is 51.8. The summed E-state index contributed by atoms with van der Waals surface area (Å²) in [4.78, 5) is 71.8. The number of carbonyl (C=O) groups excluding carboxylic acids is 5. The fourth-order valence-corrected chi connectivity index (χ4v) is 22.4. The van der Waals surface area contributed by atoms with Crippen molar-refractivity contribution < 1.29 is 206 Å². The lowest BCUT2D eigenvalue weighted by atomic mass is 9.33.